The van der Waals surface area contributed by atoms with Gasteiger partial charge in [-0.2, -0.15) is 20.4 Å². The number of hydrogen-bond donors (Lipinski definition) is 4. The smallest absolute Gasteiger partial charge is 0.232 e. The molecule has 5 rings (SSSR count). The zero-order valence-electron chi connectivity index (χ0n) is 13.6. The van der Waals surface area contributed by atoms with Crippen molar-refractivity contribution in [1.29, 1.82) is 0 Å². The van der Waals surface area contributed by atoms with Crippen LogP contribution in [0.4, 0.5) is 0 Å². The fraction of sp³-hybridized carbons (Fsp3) is 0.133. The highest BCUT2D eigenvalue weighted by Crippen LogP contribution is 2.42. The molecule has 11 nitrogen and oxygen atoms in total. The van der Waals surface area contributed by atoms with E-state index in [1.54, 1.807) is 13.8 Å². The van der Waals surface area contributed by atoms with Gasteiger partial charge in [0.2, 0.25) is 5.78 Å². The maximum Gasteiger partial charge on any atom is 0.232 e. The minimum atomic E-state index is -0.691. The first-order chi connectivity index (χ1) is 12.5. The molecule has 0 saturated carbocycles. The summed E-state index contributed by atoms with van der Waals surface area (Å²) < 4.78 is 2.94. The van der Waals surface area contributed by atoms with Gasteiger partial charge in [0.15, 0.2) is 17.1 Å². The summed E-state index contributed by atoms with van der Waals surface area (Å²) in [6.45, 7) is 3.42. The van der Waals surface area contributed by atoms with Crippen LogP contribution in [0.1, 0.15) is 22.5 Å². The third-order valence-electron chi connectivity index (χ3n) is 4.50. The molecule has 11 heteroatoms. The van der Waals surface area contributed by atoms with E-state index in [2.05, 4.69) is 30.6 Å². The van der Waals surface area contributed by atoms with Gasteiger partial charge in [0.1, 0.15) is 18.4 Å². The van der Waals surface area contributed by atoms with E-state index in [4.69, 9.17) is 0 Å². The molecule has 0 saturated heterocycles. The molecule has 4 aromatic rings. The average molecular weight is 352 g/mol. The van der Waals surface area contributed by atoms with Crippen LogP contribution in [0.5, 0.6) is 0 Å². The average Bonchev–Trinajstić information content (AvgIpc) is 3.35. The number of ketones is 1. The van der Waals surface area contributed by atoms with Gasteiger partial charge in [-0.05, 0) is 13.8 Å². The molecule has 1 aliphatic carbocycles. The first-order valence-electron chi connectivity index (χ1n) is 7.68. The van der Waals surface area contributed by atoms with Gasteiger partial charge < -0.3 is 10.2 Å². The number of allylic oxidation sites excluding steroid dienone is 2. The molecule has 0 atom stereocenters. The summed E-state index contributed by atoms with van der Waals surface area (Å²) in [6, 6.07) is 0. The lowest BCUT2D eigenvalue weighted by atomic mass is 10.0. The summed E-state index contributed by atoms with van der Waals surface area (Å²) in [5.41, 5.74) is 2.73. The minimum absolute atomic E-state index is 0.0139. The number of nitrogens with zero attached hydrogens (tertiary/aromatic N) is 6. The molecule has 130 valence electrons. The lowest BCUT2D eigenvalue weighted by Crippen LogP contribution is -2.02. The Labute approximate surface area is 144 Å². The van der Waals surface area contributed by atoms with Crippen LogP contribution in [0.15, 0.2) is 24.2 Å². The van der Waals surface area contributed by atoms with Gasteiger partial charge in [-0.15, -0.1) is 0 Å². The van der Waals surface area contributed by atoms with Crippen molar-refractivity contribution in [1.82, 2.24) is 39.6 Å². The van der Waals surface area contributed by atoms with E-state index in [0.29, 0.717) is 33.8 Å². The van der Waals surface area contributed by atoms with E-state index in [9.17, 15) is 15.0 Å². The maximum atomic E-state index is 12.8. The molecule has 0 unspecified atom stereocenters. The standard InChI is InChI=1S/C15H12N8O3/c1-5-7(14-18-16-3-22(14)20-5)9-11(24)10(13(26)12(9)25)8-6(2)21-23-4-17-19-15(8)23/h3-4,18-19,24H,1-2H3,(H,25,26). The van der Waals surface area contributed by atoms with Gasteiger partial charge in [-0.25, -0.2) is 9.03 Å². The number of carbonyl (C=O) groups is 1. The van der Waals surface area contributed by atoms with E-state index in [1.165, 1.54) is 21.7 Å². The number of fused-ring (bicyclic) bond motifs is 2. The fourth-order valence-electron chi connectivity index (χ4n) is 3.41. The number of rotatable bonds is 2. The number of aromatic amines is 2. The number of Topliss-reactive ketones (excluding diaryl/α,β-unsaturated/α-hetero) is 1. The van der Waals surface area contributed by atoms with E-state index >= 15 is 0 Å². The molecular formula is C15H12N8O3. The van der Waals surface area contributed by atoms with Gasteiger partial charge in [0.05, 0.1) is 33.7 Å². The topological polar surface area (TPSA) is 149 Å². The summed E-state index contributed by atoms with van der Waals surface area (Å²) in [4.78, 5) is 12.8. The number of H-pyrrole nitrogens is 2. The van der Waals surface area contributed by atoms with Gasteiger partial charge >= 0.3 is 0 Å². The number of aliphatic hydroxyl groups is 2. The van der Waals surface area contributed by atoms with Crippen molar-refractivity contribution in [3.63, 3.8) is 0 Å². The van der Waals surface area contributed by atoms with Gasteiger partial charge in [-0.3, -0.25) is 15.0 Å². The van der Waals surface area contributed by atoms with Crippen molar-refractivity contribution in [2.45, 2.75) is 13.8 Å². The first-order valence-corrected chi connectivity index (χ1v) is 7.68. The summed E-state index contributed by atoms with van der Waals surface area (Å²) in [6.07, 6.45) is 2.91. The molecule has 0 aliphatic heterocycles. The Bertz CT molecular complexity index is 1300. The summed E-state index contributed by atoms with van der Waals surface area (Å²) in [5, 5.41) is 43.2. The third kappa shape index (κ3) is 1.58. The third-order valence-corrected chi connectivity index (χ3v) is 4.50. The number of aliphatic hydroxyl groups excluding tert-OH is 2. The van der Waals surface area contributed by atoms with Gasteiger partial charge in [0, 0.05) is 0 Å². The number of nitrogens with one attached hydrogen (secondary N) is 2. The molecule has 0 fully saturated rings. The van der Waals surface area contributed by atoms with Crippen molar-refractivity contribution in [2.75, 3.05) is 0 Å². The minimum Gasteiger partial charge on any atom is -0.506 e. The quantitative estimate of drug-likeness (QED) is 0.418. The highest BCUT2D eigenvalue weighted by molar-refractivity contribution is 6.37. The Morgan fingerprint density at radius 2 is 1.35 bits per heavy atom. The number of hydrogen-bond acceptors (Lipinski definition) is 7. The van der Waals surface area contributed by atoms with Crippen LogP contribution in [0, 0.1) is 13.8 Å². The normalized spacial score (nSPS) is 15.4. The van der Waals surface area contributed by atoms with Crippen LogP contribution in [0.3, 0.4) is 0 Å². The van der Waals surface area contributed by atoms with E-state index in [0.717, 1.165) is 0 Å². The second-order valence-electron chi connectivity index (χ2n) is 6.00. The van der Waals surface area contributed by atoms with Crippen LogP contribution in [-0.4, -0.2) is 55.6 Å². The van der Waals surface area contributed by atoms with Crippen LogP contribution in [-0.2, 0) is 4.79 Å². The molecule has 0 aromatic carbocycles. The summed E-state index contributed by atoms with van der Waals surface area (Å²) in [5.74, 6) is -1.58. The molecule has 4 N–H and O–H groups in total. The number of aromatic nitrogens is 8. The second kappa shape index (κ2) is 4.59. The monoisotopic (exact) mass is 352 g/mol. The van der Waals surface area contributed by atoms with Crippen LogP contribution < -0.4 is 0 Å². The fourth-order valence-corrected chi connectivity index (χ4v) is 3.41. The molecule has 4 heterocycles. The predicted octanol–water partition coefficient (Wildman–Crippen LogP) is 0.866. The molecule has 0 radical (unpaired) electrons. The van der Waals surface area contributed by atoms with Gasteiger partial charge in [-0.1, -0.05) is 0 Å². The largest absolute Gasteiger partial charge is 0.506 e. The Morgan fingerprint density at radius 3 is 1.88 bits per heavy atom. The zero-order chi connectivity index (χ0) is 18.2. The van der Waals surface area contributed by atoms with Crippen molar-refractivity contribution < 1.29 is 15.0 Å². The SMILES string of the molecule is Cc1nn2cn[nH]c2c1C1=C(O)C(c2c(C)nn3cn[nH]c23)=C(O)C1=O. The molecule has 26 heavy (non-hydrogen) atoms. The van der Waals surface area contributed by atoms with Gasteiger partial charge in [0.25, 0.3) is 0 Å². The predicted molar refractivity (Wildman–Crippen MR) is 88.3 cm³/mol. The summed E-state index contributed by atoms with van der Waals surface area (Å²) in [7, 11) is 0. The van der Waals surface area contributed by atoms with Crippen LogP contribution in [0.25, 0.3) is 22.4 Å². The Kier molecular flexibility index (Phi) is 2.55. The lowest BCUT2D eigenvalue weighted by Gasteiger charge is -2.03. The Balaban J connectivity index is 1.81. The Hall–Kier alpha value is -3.89. The van der Waals surface area contributed by atoms with E-state index < -0.39 is 11.5 Å². The molecule has 1 aliphatic rings. The highest BCUT2D eigenvalue weighted by atomic mass is 16.3. The molecule has 0 spiro atoms. The van der Waals surface area contributed by atoms with Crippen molar-refractivity contribution in [2.24, 2.45) is 0 Å². The van der Waals surface area contributed by atoms with Crippen molar-refractivity contribution in [3.8, 4) is 0 Å². The Morgan fingerprint density at radius 1 is 0.846 bits per heavy atom. The lowest BCUT2D eigenvalue weighted by molar-refractivity contribution is -0.112. The molecule has 0 amide bonds. The molecule has 4 aromatic heterocycles. The number of carbonyl (C=O) groups excluding carboxylic acids is 1. The van der Waals surface area contributed by atoms with E-state index in [1.807, 2.05) is 0 Å². The molecule has 0 bridgehead atoms. The van der Waals surface area contributed by atoms with Crippen LogP contribution in [0.2, 0.25) is 0 Å². The second-order valence-corrected chi connectivity index (χ2v) is 6.00. The molecular weight excluding hydrogens is 340 g/mol. The zero-order valence-corrected chi connectivity index (χ0v) is 13.6. The van der Waals surface area contributed by atoms with Crippen molar-refractivity contribution >= 4 is 28.2 Å². The first kappa shape index (κ1) is 14.5. The highest BCUT2D eigenvalue weighted by Gasteiger charge is 2.39. The summed E-state index contributed by atoms with van der Waals surface area (Å²) >= 11 is 0. The van der Waals surface area contributed by atoms with E-state index in [-0.39, 0.29) is 16.9 Å². The maximum absolute atomic E-state index is 12.8. The number of aryl methyl sites for hydroxylation is 2. The van der Waals surface area contributed by atoms with Crippen LogP contribution >= 0.6 is 0 Å². The van der Waals surface area contributed by atoms with Crippen molar-refractivity contribution in [3.05, 3.63) is 46.7 Å².